The van der Waals surface area contributed by atoms with E-state index in [1.165, 1.54) is 14.0 Å². The average Bonchev–Trinajstić information content (AvgIpc) is 3.02. The first-order chi connectivity index (χ1) is 20.4. The fraction of sp³-hybridized carbons (Fsp3) is 0.257. The predicted octanol–water partition coefficient (Wildman–Crippen LogP) is 6.04. The molecular formula is C35H36N2O5. The molecule has 4 aromatic carbocycles. The van der Waals surface area contributed by atoms with E-state index in [1.807, 2.05) is 60.7 Å². The molecule has 0 bridgehead atoms. The molecule has 216 valence electrons. The van der Waals surface area contributed by atoms with Crippen molar-refractivity contribution in [2.45, 2.75) is 25.0 Å². The van der Waals surface area contributed by atoms with Crippen LogP contribution in [0.5, 0.6) is 0 Å². The number of nitrogens with two attached hydrogens (primary N) is 1. The van der Waals surface area contributed by atoms with E-state index >= 15 is 0 Å². The molecule has 1 aliphatic carbocycles. The predicted molar refractivity (Wildman–Crippen MR) is 163 cm³/mol. The zero-order chi connectivity index (χ0) is 29.5. The minimum absolute atomic E-state index is 0.0129. The van der Waals surface area contributed by atoms with Gasteiger partial charge in [0, 0.05) is 24.8 Å². The molecule has 0 aliphatic heterocycles. The summed E-state index contributed by atoms with van der Waals surface area (Å²) in [6.45, 7) is 2.09. The average molecular weight is 565 g/mol. The summed E-state index contributed by atoms with van der Waals surface area (Å²) in [5.41, 5.74) is 9.83. The summed E-state index contributed by atoms with van der Waals surface area (Å²) in [5, 5.41) is 3.54. The van der Waals surface area contributed by atoms with Gasteiger partial charge in [0.05, 0.1) is 37.3 Å². The largest absolute Gasteiger partial charge is 0.466 e. The Kier molecular flexibility index (Phi) is 8.88. The van der Waals surface area contributed by atoms with E-state index in [9.17, 15) is 9.59 Å². The molecule has 3 atom stereocenters. The number of benzene rings is 4. The van der Waals surface area contributed by atoms with Gasteiger partial charge in [0.1, 0.15) is 5.60 Å². The minimum Gasteiger partial charge on any atom is -0.466 e. The van der Waals surface area contributed by atoms with E-state index in [1.54, 1.807) is 12.1 Å². The maximum absolute atomic E-state index is 12.2. The van der Waals surface area contributed by atoms with Crippen LogP contribution in [0.15, 0.2) is 109 Å². The molecule has 1 saturated carbocycles. The number of esters is 2. The quantitative estimate of drug-likeness (QED) is 0.130. The Morgan fingerprint density at radius 3 is 1.86 bits per heavy atom. The van der Waals surface area contributed by atoms with Gasteiger partial charge >= 0.3 is 11.9 Å². The summed E-state index contributed by atoms with van der Waals surface area (Å²) in [6.07, 6.45) is 0.748. The van der Waals surface area contributed by atoms with Crippen LogP contribution in [-0.2, 0) is 24.6 Å². The van der Waals surface area contributed by atoms with Crippen molar-refractivity contribution in [1.29, 1.82) is 0 Å². The number of hydrogen-bond donors (Lipinski definition) is 2. The normalized spacial score (nSPS) is 18.0. The van der Waals surface area contributed by atoms with Crippen molar-refractivity contribution in [2.75, 3.05) is 31.4 Å². The first-order valence-corrected chi connectivity index (χ1v) is 14.1. The Balaban J connectivity index is 1.50. The topological polar surface area (TPSA) is 99.9 Å². The maximum atomic E-state index is 12.2. The van der Waals surface area contributed by atoms with Crippen LogP contribution in [0.3, 0.4) is 0 Å². The van der Waals surface area contributed by atoms with E-state index in [4.69, 9.17) is 19.9 Å². The van der Waals surface area contributed by atoms with Gasteiger partial charge in [0.15, 0.2) is 0 Å². The number of para-hydroxylation sites is 1. The summed E-state index contributed by atoms with van der Waals surface area (Å²) < 4.78 is 17.5. The number of nitrogen functional groups attached to an aromatic ring is 1. The summed E-state index contributed by atoms with van der Waals surface area (Å²) in [4.78, 5) is 23.9. The highest BCUT2D eigenvalue weighted by molar-refractivity contribution is 5.98. The van der Waals surface area contributed by atoms with E-state index in [0.717, 1.165) is 23.1 Å². The molecule has 0 heterocycles. The molecule has 4 aromatic rings. The Labute approximate surface area is 246 Å². The first kappa shape index (κ1) is 28.9. The third-order valence-corrected chi connectivity index (χ3v) is 8.07. The number of methoxy groups -OCH3 is 1. The van der Waals surface area contributed by atoms with Gasteiger partial charge in [0.25, 0.3) is 0 Å². The van der Waals surface area contributed by atoms with Gasteiger partial charge in [-0.3, -0.25) is 4.79 Å². The number of hydrogen-bond acceptors (Lipinski definition) is 7. The third kappa shape index (κ3) is 5.87. The van der Waals surface area contributed by atoms with Gasteiger partial charge in [-0.2, -0.15) is 0 Å². The van der Waals surface area contributed by atoms with Gasteiger partial charge in [-0.05, 0) is 35.2 Å². The standard InChI is InChI=1S/C35H36N2O5/c1-24(38)41-22-25-21-32(37-31-20-12-19-29(33(31)36)34(39)40-2)30(25)23-42-35(26-13-6-3-7-14-26,27-15-8-4-9-16-27)28-17-10-5-11-18-28/h3-20,25,30,32,37H,21-23,36H2,1-2H3/t25-,30-,32-/m1/s1. The zero-order valence-electron chi connectivity index (χ0n) is 23.9. The Morgan fingerprint density at radius 2 is 1.36 bits per heavy atom. The van der Waals surface area contributed by atoms with Crippen molar-refractivity contribution < 1.29 is 23.8 Å². The van der Waals surface area contributed by atoms with E-state index < -0.39 is 11.6 Å². The van der Waals surface area contributed by atoms with Crippen LogP contribution in [0.25, 0.3) is 0 Å². The number of anilines is 2. The number of rotatable bonds is 11. The molecule has 3 N–H and O–H groups in total. The van der Waals surface area contributed by atoms with Crippen molar-refractivity contribution in [1.82, 2.24) is 0 Å². The van der Waals surface area contributed by atoms with Gasteiger partial charge in [0.2, 0.25) is 0 Å². The highest BCUT2D eigenvalue weighted by Crippen LogP contribution is 2.44. The number of nitrogens with one attached hydrogen (secondary N) is 1. The molecule has 0 saturated heterocycles. The molecule has 42 heavy (non-hydrogen) atoms. The molecule has 0 aromatic heterocycles. The molecule has 1 fully saturated rings. The lowest BCUT2D eigenvalue weighted by Crippen LogP contribution is -2.52. The molecule has 0 spiro atoms. The Morgan fingerprint density at radius 1 is 0.810 bits per heavy atom. The van der Waals surface area contributed by atoms with E-state index in [2.05, 4.69) is 41.7 Å². The smallest absolute Gasteiger partial charge is 0.340 e. The van der Waals surface area contributed by atoms with Crippen LogP contribution in [0.1, 0.15) is 40.4 Å². The molecular weight excluding hydrogens is 528 g/mol. The second-order valence-electron chi connectivity index (χ2n) is 10.6. The monoisotopic (exact) mass is 564 g/mol. The van der Waals surface area contributed by atoms with Crippen molar-refractivity contribution in [3.8, 4) is 0 Å². The van der Waals surface area contributed by atoms with Crippen LogP contribution in [0, 0.1) is 11.8 Å². The second kappa shape index (κ2) is 12.9. The third-order valence-electron chi connectivity index (χ3n) is 8.07. The summed E-state index contributed by atoms with van der Waals surface area (Å²) in [7, 11) is 1.33. The number of carbonyl (C=O) groups is 2. The number of carbonyl (C=O) groups excluding carboxylic acids is 2. The Hall–Kier alpha value is -4.62. The van der Waals surface area contributed by atoms with E-state index in [0.29, 0.717) is 30.2 Å². The van der Waals surface area contributed by atoms with Gasteiger partial charge in [-0.25, -0.2) is 4.79 Å². The number of ether oxygens (including phenoxy) is 3. The van der Waals surface area contributed by atoms with Gasteiger partial charge < -0.3 is 25.3 Å². The van der Waals surface area contributed by atoms with Gasteiger partial charge in [-0.1, -0.05) is 97.1 Å². The summed E-state index contributed by atoms with van der Waals surface area (Å²) >= 11 is 0. The van der Waals surface area contributed by atoms with Crippen molar-refractivity contribution in [3.05, 3.63) is 131 Å². The molecule has 0 amide bonds. The van der Waals surface area contributed by atoms with Crippen molar-refractivity contribution >= 4 is 23.3 Å². The second-order valence-corrected chi connectivity index (χ2v) is 10.6. The summed E-state index contributed by atoms with van der Waals surface area (Å²) in [6, 6.07) is 35.9. The lowest BCUT2D eigenvalue weighted by molar-refractivity contribution is -0.146. The van der Waals surface area contributed by atoms with Crippen LogP contribution in [0.4, 0.5) is 11.4 Å². The molecule has 7 nitrogen and oxygen atoms in total. The van der Waals surface area contributed by atoms with Crippen LogP contribution < -0.4 is 11.1 Å². The van der Waals surface area contributed by atoms with Crippen molar-refractivity contribution in [3.63, 3.8) is 0 Å². The molecule has 1 aliphatic rings. The highest BCUT2D eigenvalue weighted by atomic mass is 16.5. The molecule has 7 heteroatoms. The minimum atomic E-state index is -0.875. The van der Waals surface area contributed by atoms with E-state index in [-0.39, 0.29) is 23.8 Å². The fourth-order valence-corrected chi connectivity index (χ4v) is 5.81. The van der Waals surface area contributed by atoms with Gasteiger partial charge in [-0.15, -0.1) is 0 Å². The first-order valence-electron chi connectivity index (χ1n) is 14.1. The zero-order valence-corrected chi connectivity index (χ0v) is 23.9. The van der Waals surface area contributed by atoms with Crippen molar-refractivity contribution in [2.24, 2.45) is 11.8 Å². The molecule has 0 radical (unpaired) electrons. The molecule has 5 rings (SSSR count). The maximum Gasteiger partial charge on any atom is 0.340 e. The lowest BCUT2D eigenvalue weighted by atomic mass is 9.69. The highest BCUT2D eigenvalue weighted by Gasteiger charge is 2.45. The van der Waals surface area contributed by atoms with Crippen LogP contribution >= 0.6 is 0 Å². The summed E-state index contributed by atoms with van der Waals surface area (Å²) in [5.74, 6) is -0.735. The fourth-order valence-electron chi connectivity index (χ4n) is 5.81. The van der Waals surface area contributed by atoms with Crippen LogP contribution in [0.2, 0.25) is 0 Å². The Bertz CT molecular complexity index is 1400. The SMILES string of the molecule is COC(=O)c1cccc(N[C@@H]2C[C@H](COC(C)=O)[C@H]2COC(c2ccccc2)(c2ccccc2)c2ccccc2)c1N. The molecule has 0 unspecified atom stereocenters. The lowest BCUT2D eigenvalue weighted by Gasteiger charge is -2.47. The van der Waals surface area contributed by atoms with Crippen LogP contribution in [-0.4, -0.2) is 38.3 Å².